The molecule has 29 heavy (non-hydrogen) atoms. The Balaban J connectivity index is 1.29. The number of hydrogen-bond donors (Lipinski definition) is 0. The molecule has 1 saturated heterocycles. The first-order valence-corrected chi connectivity index (χ1v) is 10.4. The van der Waals surface area contributed by atoms with E-state index in [4.69, 9.17) is 0 Å². The van der Waals surface area contributed by atoms with Crippen LogP contribution >= 0.6 is 11.3 Å². The molecule has 1 fully saturated rings. The molecular formula is C21H20N6OS. The van der Waals surface area contributed by atoms with E-state index in [9.17, 15) is 4.79 Å². The van der Waals surface area contributed by atoms with Crippen molar-refractivity contribution in [2.45, 2.75) is 6.92 Å². The van der Waals surface area contributed by atoms with Gasteiger partial charge in [-0.3, -0.25) is 9.36 Å². The van der Waals surface area contributed by atoms with Crippen LogP contribution in [-0.4, -0.2) is 56.5 Å². The molecule has 0 aliphatic carbocycles. The van der Waals surface area contributed by atoms with Gasteiger partial charge in [0, 0.05) is 49.3 Å². The predicted molar refractivity (Wildman–Crippen MR) is 114 cm³/mol. The topological polar surface area (TPSA) is 67.2 Å². The highest BCUT2D eigenvalue weighted by molar-refractivity contribution is 7.20. The molecule has 0 spiro atoms. The molecule has 0 N–H and O–H groups in total. The van der Waals surface area contributed by atoms with Crippen LogP contribution in [0.25, 0.3) is 15.9 Å². The third kappa shape index (κ3) is 3.36. The van der Waals surface area contributed by atoms with Crippen LogP contribution < -0.4 is 4.90 Å². The summed E-state index contributed by atoms with van der Waals surface area (Å²) >= 11 is 1.56. The summed E-state index contributed by atoms with van der Waals surface area (Å²) in [6.07, 6.45) is 5.23. The van der Waals surface area contributed by atoms with Gasteiger partial charge >= 0.3 is 0 Å². The monoisotopic (exact) mass is 404 g/mol. The molecule has 1 aliphatic rings. The summed E-state index contributed by atoms with van der Waals surface area (Å²) in [6.45, 7) is 4.79. The first kappa shape index (κ1) is 17.8. The molecule has 3 aromatic heterocycles. The summed E-state index contributed by atoms with van der Waals surface area (Å²) in [7, 11) is 0. The molecule has 8 heteroatoms. The normalized spacial score (nSPS) is 14.5. The van der Waals surface area contributed by atoms with Crippen molar-refractivity contribution in [3.05, 3.63) is 65.8 Å². The lowest BCUT2D eigenvalue weighted by atomic mass is 10.2. The van der Waals surface area contributed by atoms with Gasteiger partial charge in [-0.25, -0.2) is 15.0 Å². The van der Waals surface area contributed by atoms with Gasteiger partial charge in [0.05, 0.1) is 4.88 Å². The number of aryl methyl sites for hydroxylation is 1. The zero-order valence-corrected chi connectivity index (χ0v) is 16.8. The van der Waals surface area contributed by atoms with E-state index in [1.807, 2.05) is 46.9 Å². The maximum atomic E-state index is 12.9. The molecule has 0 unspecified atom stereocenters. The molecule has 7 nitrogen and oxygen atoms in total. The maximum absolute atomic E-state index is 12.9. The molecule has 4 heterocycles. The third-order valence-electron chi connectivity index (χ3n) is 5.24. The van der Waals surface area contributed by atoms with E-state index in [-0.39, 0.29) is 5.91 Å². The van der Waals surface area contributed by atoms with Gasteiger partial charge in [-0.15, -0.1) is 11.3 Å². The molecule has 4 aromatic rings. The Kier molecular flexibility index (Phi) is 4.48. The third-order valence-corrected chi connectivity index (χ3v) is 6.34. The second-order valence-electron chi connectivity index (χ2n) is 7.01. The van der Waals surface area contributed by atoms with Gasteiger partial charge in [0.25, 0.3) is 5.91 Å². The van der Waals surface area contributed by atoms with Crippen molar-refractivity contribution in [3.63, 3.8) is 0 Å². The second-order valence-corrected chi connectivity index (χ2v) is 8.09. The number of anilines is 1. The number of nitrogens with zero attached hydrogens (tertiary/aromatic N) is 6. The second kappa shape index (κ2) is 7.29. The Morgan fingerprint density at radius 2 is 1.79 bits per heavy atom. The lowest BCUT2D eigenvalue weighted by molar-refractivity contribution is 0.0751. The van der Waals surface area contributed by atoms with Crippen LogP contribution in [0.5, 0.6) is 0 Å². The number of rotatable bonds is 3. The zero-order chi connectivity index (χ0) is 19.8. The first-order valence-electron chi connectivity index (χ1n) is 9.54. The summed E-state index contributed by atoms with van der Waals surface area (Å²) in [4.78, 5) is 30.9. The average molecular weight is 404 g/mol. The fraction of sp³-hybridized carbons (Fsp3) is 0.238. The average Bonchev–Trinajstić information content (AvgIpc) is 3.39. The van der Waals surface area contributed by atoms with Crippen LogP contribution in [0.3, 0.4) is 0 Å². The summed E-state index contributed by atoms with van der Waals surface area (Å²) in [5.41, 5.74) is 0. The van der Waals surface area contributed by atoms with Gasteiger partial charge < -0.3 is 9.80 Å². The van der Waals surface area contributed by atoms with E-state index >= 15 is 0 Å². The van der Waals surface area contributed by atoms with E-state index in [0.29, 0.717) is 13.1 Å². The Hall–Kier alpha value is -3.26. The number of aromatic nitrogens is 4. The van der Waals surface area contributed by atoms with Crippen LogP contribution in [0.2, 0.25) is 0 Å². The molecule has 0 radical (unpaired) electrons. The van der Waals surface area contributed by atoms with Crippen molar-refractivity contribution in [3.8, 4) is 5.82 Å². The van der Waals surface area contributed by atoms with Gasteiger partial charge in [-0.05, 0) is 24.4 Å². The SMILES string of the molecule is Cc1nccn1-c1cc(N2CCN(C(=O)c3cc4ccccc4s3)CC2)ncn1. The molecule has 0 bridgehead atoms. The fourth-order valence-corrected chi connectivity index (χ4v) is 4.67. The minimum atomic E-state index is 0.114. The van der Waals surface area contributed by atoms with Crippen molar-refractivity contribution in [1.29, 1.82) is 0 Å². The Labute approximate surface area is 172 Å². The number of benzene rings is 1. The quantitative estimate of drug-likeness (QED) is 0.525. The Morgan fingerprint density at radius 3 is 2.55 bits per heavy atom. The summed E-state index contributed by atoms with van der Waals surface area (Å²) in [5.74, 6) is 2.67. The zero-order valence-electron chi connectivity index (χ0n) is 16.0. The van der Waals surface area contributed by atoms with Crippen molar-refractivity contribution >= 4 is 33.1 Å². The van der Waals surface area contributed by atoms with Gasteiger partial charge in [-0.2, -0.15) is 0 Å². The van der Waals surface area contributed by atoms with Crippen molar-refractivity contribution in [2.24, 2.45) is 0 Å². The number of thiophene rings is 1. The number of hydrogen-bond acceptors (Lipinski definition) is 6. The van der Waals surface area contributed by atoms with Crippen molar-refractivity contribution in [1.82, 2.24) is 24.4 Å². The van der Waals surface area contributed by atoms with Crippen molar-refractivity contribution in [2.75, 3.05) is 31.1 Å². The van der Waals surface area contributed by atoms with E-state index in [2.05, 4.69) is 32.0 Å². The highest BCUT2D eigenvalue weighted by Gasteiger charge is 2.24. The minimum Gasteiger partial charge on any atom is -0.353 e. The number of piperazine rings is 1. The molecule has 1 amide bonds. The number of amides is 1. The van der Waals surface area contributed by atoms with Crippen LogP contribution in [-0.2, 0) is 0 Å². The summed E-state index contributed by atoms with van der Waals surface area (Å²) in [5, 5.41) is 1.13. The van der Waals surface area contributed by atoms with Gasteiger partial charge in [0.1, 0.15) is 23.8 Å². The lowest BCUT2D eigenvalue weighted by Gasteiger charge is -2.35. The highest BCUT2D eigenvalue weighted by Crippen LogP contribution is 2.27. The van der Waals surface area contributed by atoms with Gasteiger partial charge in [-0.1, -0.05) is 18.2 Å². The number of imidazole rings is 1. The van der Waals surface area contributed by atoms with Gasteiger partial charge in [0.2, 0.25) is 0 Å². The molecule has 146 valence electrons. The minimum absolute atomic E-state index is 0.114. The van der Waals surface area contributed by atoms with Crippen LogP contribution in [0.15, 0.2) is 55.1 Å². The highest BCUT2D eigenvalue weighted by atomic mass is 32.1. The molecule has 0 saturated carbocycles. The molecule has 0 atom stereocenters. The number of carbonyl (C=O) groups excluding carboxylic acids is 1. The Bertz CT molecular complexity index is 1140. The van der Waals surface area contributed by atoms with E-state index in [1.54, 1.807) is 23.9 Å². The fourth-order valence-electron chi connectivity index (χ4n) is 3.64. The molecule has 1 aliphatic heterocycles. The van der Waals surface area contributed by atoms with Gasteiger partial charge in [0.15, 0.2) is 0 Å². The van der Waals surface area contributed by atoms with E-state index < -0.39 is 0 Å². The van der Waals surface area contributed by atoms with E-state index in [1.165, 1.54) is 0 Å². The largest absolute Gasteiger partial charge is 0.353 e. The standard InChI is InChI=1S/C21H20N6OS/c1-15-22-6-7-27(15)20-13-19(23-14-24-20)25-8-10-26(11-9-25)21(28)18-12-16-4-2-3-5-17(16)29-18/h2-7,12-14H,8-11H2,1H3. The lowest BCUT2D eigenvalue weighted by Crippen LogP contribution is -2.48. The summed E-state index contributed by atoms with van der Waals surface area (Å²) in [6, 6.07) is 12.1. The van der Waals surface area contributed by atoms with Crippen LogP contribution in [0.1, 0.15) is 15.5 Å². The first-order chi connectivity index (χ1) is 14.2. The Morgan fingerprint density at radius 1 is 1.00 bits per heavy atom. The number of carbonyl (C=O) groups is 1. The predicted octanol–water partition coefficient (Wildman–Crippen LogP) is 3.15. The van der Waals surface area contributed by atoms with Crippen LogP contribution in [0, 0.1) is 6.92 Å². The van der Waals surface area contributed by atoms with E-state index in [0.717, 1.165) is 45.5 Å². The van der Waals surface area contributed by atoms with Crippen molar-refractivity contribution < 1.29 is 4.79 Å². The maximum Gasteiger partial charge on any atom is 0.264 e. The molecule has 1 aromatic carbocycles. The molecule has 5 rings (SSSR count). The smallest absolute Gasteiger partial charge is 0.264 e. The molecular weight excluding hydrogens is 384 g/mol. The number of fused-ring (bicyclic) bond motifs is 1. The summed E-state index contributed by atoms with van der Waals surface area (Å²) < 4.78 is 3.09. The van der Waals surface area contributed by atoms with Crippen LogP contribution in [0.4, 0.5) is 5.82 Å².